The van der Waals surface area contributed by atoms with Crippen LogP contribution in [0, 0.1) is 11.3 Å². The molecule has 1 fully saturated rings. The zero-order chi connectivity index (χ0) is 15.2. The molecule has 20 heavy (non-hydrogen) atoms. The average Bonchev–Trinajstić information content (AvgIpc) is 2.37. The van der Waals surface area contributed by atoms with Crippen molar-refractivity contribution in [3.63, 3.8) is 0 Å². The van der Waals surface area contributed by atoms with Gasteiger partial charge in [-0.1, -0.05) is 27.7 Å². The van der Waals surface area contributed by atoms with E-state index in [1.807, 2.05) is 0 Å². The summed E-state index contributed by atoms with van der Waals surface area (Å²) in [5.41, 5.74) is 0.284. The molecule has 3 unspecified atom stereocenters. The molecule has 1 saturated heterocycles. The number of ether oxygens (including phenoxy) is 1. The molecule has 2 N–H and O–H groups in total. The van der Waals surface area contributed by atoms with Crippen molar-refractivity contribution in [2.75, 3.05) is 39.3 Å². The lowest BCUT2D eigenvalue weighted by molar-refractivity contribution is -0.102. The predicted octanol–water partition coefficient (Wildman–Crippen LogP) is 1.73. The monoisotopic (exact) mass is 286 g/mol. The molecular weight excluding hydrogens is 252 g/mol. The first kappa shape index (κ1) is 17.9. The lowest BCUT2D eigenvalue weighted by Gasteiger charge is -2.41. The van der Waals surface area contributed by atoms with Crippen LogP contribution < -0.4 is 5.32 Å². The molecule has 0 aliphatic carbocycles. The van der Waals surface area contributed by atoms with E-state index in [0.717, 1.165) is 39.1 Å². The highest BCUT2D eigenvalue weighted by atomic mass is 16.5. The van der Waals surface area contributed by atoms with Gasteiger partial charge < -0.3 is 15.2 Å². The van der Waals surface area contributed by atoms with E-state index in [4.69, 9.17) is 4.74 Å². The first-order valence-corrected chi connectivity index (χ1v) is 8.08. The maximum atomic E-state index is 9.32. The fraction of sp³-hybridized carbons (Fsp3) is 1.00. The van der Waals surface area contributed by atoms with Crippen molar-refractivity contribution in [3.8, 4) is 0 Å². The van der Waals surface area contributed by atoms with Gasteiger partial charge in [0.05, 0.1) is 18.8 Å². The van der Waals surface area contributed by atoms with Crippen LogP contribution in [0.15, 0.2) is 0 Å². The van der Waals surface area contributed by atoms with E-state index in [1.54, 1.807) is 0 Å². The standard InChI is InChI=1S/C16H34N2O2/c1-6-16(5,11-17-7-13(2)3)12-18-8-14(4)20-15(9-18)10-19/h13-15,17,19H,6-12H2,1-5H3. The molecular formula is C16H34N2O2. The predicted molar refractivity (Wildman–Crippen MR) is 84.0 cm³/mol. The molecule has 1 rings (SSSR count). The lowest BCUT2D eigenvalue weighted by Crippen LogP contribution is -2.52. The van der Waals surface area contributed by atoms with Crippen molar-refractivity contribution >= 4 is 0 Å². The van der Waals surface area contributed by atoms with E-state index in [2.05, 4.69) is 44.8 Å². The topological polar surface area (TPSA) is 44.7 Å². The van der Waals surface area contributed by atoms with E-state index in [9.17, 15) is 5.11 Å². The largest absolute Gasteiger partial charge is 0.394 e. The van der Waals surface area contributed by atoms with Crippen molar-refractivity contribution in [2.24, 2.45) is 11.3 Å². The van der Waals surface area contributed by atoms with Crippen LogP contribution in [0.3, 0.4) is 0 Å². The average molecular weight is 286 g/mol. The number of morpholine rings is 1. The molecule has 0 aromatic carbocycles. The van der Waals surface area contributed by atoms with Gasteiger partial charge in [-0.15, -0.1) is 0 Å². The molecule has 4 heteroatoms. The van der Waals surface area contributed by atoms with Crippen molar-refractivity contribution in [1.29, 1.82) is 0 Å². The third-order valence-electron chi connectivity index (χ3n) is 4.17. The van der Waals surface area contributed by atoms with E-state index in [-0.39, 0.29) is 24.2 Å². The van der Waals surface area contributed by atoms with Crippen molar-refractivity contribution in [2.45, 2.75) is 53.2 Å². The summed E-state index contributed by atoms with van der Waals surface area (Å²) in [4.78, 5) is 2.45. The summed E-state index contributed by atoms with van der Waals surface area (Å²) in [6, 6.07) is 0. The number of hydrogen-bond acceptors (Lipinski definition) is 4. The Morgan fingerprint density at radius 2 is 2.10 bits per heavy atom. The van der Waals surface area contributed by atoms with E-state index < -0.39 is 0 Å². The molecule has 1 aliphatic rings. The van der Waals surface area contributed by atoms with Gasteiger partial charge in [-0.25, -0.2) is 0 Å². The quantitative estimate of drug-likeness (QED) is 0.713. The summed E-state index contributed by atoms with van der Waals surface area (Å²) in [6.45, 7) is 16.3. The Labute approximate surface area is 124 Å². The Morgan fingerprint density at radius 3 is 2.65 bits per heavy atom. The SMILES string of the molecule is CCC(C)(CNCC(C)C)CN1CC(C)OC(CO)C1. The fourth-order valence-corrected chi connectivity index (χ4v) is 2.87. The van der Waals surface area contributed by atoms with Crippen molar-refractivity contribution < 1.29 is 9.84 Å². The van der Waals surface area contributed by atoms with Gasteiger partial charge in [0, 0.05) is 26.2 Å². The number of aliphatic hydroxyl groups is 1. The highest BCUT2D eigenvalue weighted by Crippen LogP contribution is 2.24. The second-order valence-electron chi connectivity index (χ2n) is 7.13. The number of hydrogen-bond donors (Lipinski definition) is 2. The smallest absolute Gasteiger partial charge is 0.0936 e. The molecule has 0 aromatic rings. The first-order chi connectivity index (χ1) is 9.38. The Hall–Kier alpha value is -0.160. The third kappa shape index (κ3) is 6.08. The maximum absolute atomic E-state index is 9.32. The van der Waals surface area contributed by atoms with Crippen LogP contribution in [0.2, 0.25) is 0 Å². The van der Waals surface area contributed by atoms with Crippen LogP contribution >= 0.6 is 0 Å². The van der Waals surface area contributed by atoms with Crippen LogP contribution in [-0.4, -0.2) is 61.5 Å². The summed E-state index contributed by atoms with van der Waals surface area (Å²) in [7, 11) is 0. The molecule has 0 amide bonds. The second-order valence-corrected chi connectivity index (χ2v) is 7.13. The van der Waals surface area contributed by atoms with Gasteiger partial charge in [0.2, 0.25) is 0 Å². The van der Waals surface area contributed by atoms with Crippen LogP contribution in [0.4, 0.5) is 0 Å². The van der Waals surface area contributed by atoms with Gasteiger partial charge >= 0.3 is 0 Å². The molecule has 1 heterocycles. The Balaban J connectivity index is 2.48. The molecule has 0 spiro atoms. The summed E-state index contributed by atoms with van der Waals surface area (Å²) >= 11 is 0. The second kappa shape index (κ2) is 8.32. The molecule has 0 bridgehead atoms. The van der Waals surface area contributed by atoms with Gasteiger partial charge in [0.25, 0.3) is 0 Å². The zero-order valence-corrected chi connectivity index (χ0v) is 14.0. The molecule has 3 atom stereocenters. The summed E-state index contributed by atoms with van der Waals surface area (Å²) in [5, 5.41) is 12.9. The van der Waals surface area contributed by atoms with Gasteiger partial charge in [-0.05, 0) is 31.2 Å². The van der Waals surface area contributed by atoms with Crippen LogP contribution in [0.25, 0.3) is 0 Å². The van der Waals surface area contributed by atoms with Crippen LogP contribution in [0.1, 0.15) is 41.0 Å². The normalized spacial score (nSPS) is 27.8. The number of nitrogens with zero attached hydrogens (tertiary/aromatic N) is 1. The van der Waals surface area contributed by atoms with Crippen molar-refractivity contribution in [3.05, 3.63) is 0 Å². The number of nitrogens with one attached hydrogen (secondary N) is 1. The summed E-state index contributed by atoms with van der Waals surface area (Å²) < 4.78 is 5.72. The minimum atomic E-state index is -0.0246. The molecule has 1 aliphatic heterocycles. The highest BCUT2D eigenvalue weighted by molar-refractivity contribution is 4.84. The Bertz CT molecular complexity index is 273. The van der Waals surface area contributed by atoms with Crippen LogP contribution in [0.5, 0.6) is 0 Å². The molecule has 4 nitrogen and oxygen atoms in total. The van der Waals surface area contributed by atoms with Crippen molar-refractivity contribution in [1.82, 2.24) is 10.2 Å². The maximum Gasteiger partial charge on any atom is 0.0936 e. The minimum absolute atomic E-state index is 0.0246. The third-order valence-corrected chi connectivity index (χ3v) is 4.17. The summed E-state index contributed by atoms with van der Waals surface area (Å²) in [6.07, 6.45) is 1.35. The molecule has 0 aromatic heterocycles. The van der Waals surface area contributed by atoms with Crippen LogP contribution in [-0.2, 0) is 4.74 Å². The number of aliphatic hydroxyl groups excluding tert-OH is 1. The van der Waals surface area contributed by atoms with E-state index >= 15 is 0 Å². The van der Waals surface area contributed by atoms with Gasteiger partial charge in [-0.2, -0.15) is 0 Å². The van der Waals surface area contributed by atoms with E-state index in [1.165, 1.54) is 0 Å². The molecule has 0 radical (unpaired) electrons. The number of rotatable bonds is 8. The van der Waals surface area contributed by atoms with Gasteiger partial charge in [-0.3, -0.25) is 4.90 Å². The highest BCUT2D eigenvalue weighted by Gasteiger charge is 2.30. The zero-order valence-electron chi connectivity index (χ0n) is 14.0. The Kier molecular flexibility index (Phi) is 7.45. The summed E-state index contributed by atoms with van der Waals surface area (Å²) in [5.74, 6) is 0.693. The fourth-order valence-electron chi connectivity index (χ4n) is 2.87. The molecule has 120 valence electrons. The molecule has 0 saturated carbocycles. The Morgan fingerprint density at radius 1 is 1.40 bits per heavy atom. The van der Waals surface area contributed by atoms with Gasteiger partial charge in [0.15, 0.2) is 0 Å². The first-order valence-electron chi connectivity index (χ1n) is 8.08. The van der Waals surface area contributed by atoms with Gasteiger partial charge in [0.1, 0.15) is 0 Å². The van der Waals surface area contributed by atoms with E-state index in [0.29, 0.717) is 5.92 Å². The minimum Gasteiger partial charge on any atom is -0.394 e. The lowest BCUT2D eigenvalue weighted by atomic mass is 9.86.